The molecule has 1 rings (SSSR count). The smallest absolute Gasteiger partial charge is 0.328 e. The predicted molar refractivity (Wildman–Crippen MR) is 53.7 cm³/mol. The fourth-order valence-corrected chi connectivity index (χ4v) is 0.974. The molecule has 0 amide bonds. The van der Waals surface area contributed by atoms with Crippen LogP contribution >= 0.6 is 0 Å². The Morgan fingerprint density at radius 1 is 1.47 bits per heavy atom. The monoisotopic (exact) mass is 211 g/mol. The summed E-state index contributed by atoms with van der Waals surface area (Å²) >= 11 is 0. The minimum Gasteiger partial charge on any atom is -0.480 e. The van der Waals surface area contributed by atoms with Gasteiger partial charge in [-0.2, -0.15) is 4.98 Å². The molecule has 1 aromatic rings. The van der Waals surface area contributed by atoms with Crippen molar-refractivity contribution in [2.75, 3.05) is 19.5 Å². The highest BCUT2D eigenvalue weighted by molar-refractivity contribution is 5.78. The van der Waals surface area contributed by atoms with Gasteiger partial charge in [0.2, 0.25) is 5.88 Å². The van der Waals surface area contributed by atoms with E-state index in [4.69, 9.17) is 4.74 Å². The van der Waals surface area contributed by atoms with Gasteiger partial charge in [-0.25, -0.2) is 4.79 Å². The molecule has 0 radical (unpaired) electrons. The highest BCUT2D eigenvalue weighted by Crippen LogP contribution is 2.09. The molecule has 0 aliphatic rings. The van der Waals surface area contributed by atoms with E-state index in [2.05, 4.69) is 20.0 Å². The maximum atomic E-state index is 11.1. The lowest BCUT2D eigenvalue weighted by Crippen LogP contribution is -2.27. The summed E-state index contributed by atoms with van der Waals surface area (Å²) in [4.78, 5) is 19.0. The molecule has 0 aliphatic heterocycles. The molecular weight excluding hydrogens is 198 g/mol. The van der Waals surface area contributed by atoms with Gasteiger partial charge in [0.1, 0.15) is 11.9 Å². The minimum atomic E-state index is -0.476. The fourth-order valence-electron chi connectivity index (χ4n) is 0.974. The zero-order chi connectivity index (χ0) is 11.3. The van der Waals surface area contributed by atoms with Crippen molar-refractivity contribution in [1.82, 2.24) is 9.97 Å². The topological polar surface area (TPSA) is 73.3 Å². The van der Waals surface area contributed by atoms with E-state index in [9.17, 15) is 4.79 Å². The first kappa shape index (κ1) is 11.2. The van der Waals surface area contributed by atoms with Crippen molar-refractivity contribution in [1.29, 1.82) is 0 Å². The van der Waals surface area contributed by atoms with Crippen LogP contribution in [0, 0.1) is 0 Å². The van der Waals surface area contributed by atoms with Gasteiger partial charge in [-0.3, -0.25) is 4.98 Å². The van der Waals surface area contributed by atoms with Crippen LogP contribution in [0.3, 0.4) is 0 Å². The van der Waals surface area contributed by atoms with Crippen LogP contribution < -0.4 is 10.1 Å². The number of methoxy groups -OCH3 is 2. The van der Waals surface area contributed by atoms with Crippen LogP contribution in [-0.4, -0.2) is 36.2 Å². The first-order valence-corrected chi connectivity index (χ1v) is 4.37. The van der Waals surface area contributed by atoms with E-state index in [1.807, 2.05) is 0 Å². The van der Waals surface area contributed by atoms with Gasteiger partial charge in [-0.15, -0.1) is 0 Å². The second-order valence-corrected chi connectivity index (χ2v) is 2.84. The molecule has 1 unspecified atom stereocenters. The molecule has 0 saturated heterocycles. The Kier molecular flexibility index (Phi) is 3.84. The molecule has 6 heteroatoms. The van der Waals surface area contributed by atoms with E-state index in [1.54, 1.807) is 6.92 Å². The van der Waals surface area contributed by atoms with Crippen molar-refractivity contribution in [2.45, 2.75) is 13.0 Å². The van der Waals surface area contributed by atoms with Crippen LogP contribution in [0.25, 0.3) is 0 Å². The third-order valence-electron chi connectivity index (χ3n) is 1.74. The number of carbonyl (C=O) groups is 1. The Bertz CT molecular complexity index is 343. The van der Waals surface area contributed by atoms with Crippen molar-refractivity contribution in [2.24, 2.45) is 0 Å². The molecule has 1 N–H and O–H groups in total. The maximum absolute atomic E-state index is 11.1. The third kappa shape index (κ3) is 3.08. The lowest BCUT2D eigenvalue weighted by Gasteiger charge is -2.11. The normalized spacial score (nSPS) is 11.7. The number of ether oxygens (including phenoxy) is 2. The molecule has 6 nitrogen and oxygen atoms in total. The summed E-state index contributed by atoms with van der Waals surface area (Å²) in [5.41, 5.74) is 0. The number of anilines is 1. The Hall–Kier alpha value is -1.85. The van der Waals surface area contributed by atoms with Gasteiger partial charge in [-0.05, 0) is 6.92 Å². The van der Waals surface area contributed by atoms with Crippen molar-refractivity contribution >= 4 is 11.8 Å². The Balaban J connectivity index is 2.67. The van der Waals surface area contributed by atoms with Gasteiger partial charge < -0.3 is 14.8 Å². The Morgan fingerprint density at radius 3 is 2.80 bits per heavy atom. The summed E-state index contributed by atoms with van der Waals surface area (Å²) in [6, 6.07) is -0.476. The van der Waals surface area contributed by atoms with Gasteiger partial charge in [0.05, 0.1) is 26.6 Å². The zero-order valence-electron chi connectivity index (χ0n) is 8.85. The van der Waals surface area contributed by atoms with Gasteiger partial charge in [0.15, 0.2) is 0 Å². The summed E-state index contributed by atoms with van der Waals surface area (Å²) < 4.78 is 9.45. The molecule has 15 heavy (non-hydrogen) atoms. The maximum Gasteiger partial charge on any atom is 0.328 e. The SMILES string of the molecule is COC(=O)C(C)Nc1cncc(OC)n1. The van der Waals surface area contributed by atoms with Crippen LogP contribution in [0.4, 0.5) is 5.82 Å². The minimum absolute atomic E-state index is 0.361. The van der Waals surface area contributed by atoms with E-state index in [0.29, 0.717) is 11.7 Å². The van der Waals surface area contributed by atoms with Crippen LogP contribution in [0.2, 0.25) is 0 Å². The molecule has 0 bridgehead atoms. The van der Waals surface area contributed by atoms with E-state index in [0.717, 1.165) is 0 Å². The van der Waals surface area contributed by atoms with Crippen LogP contribution in [0.1, 0.15) is 6.92 Å². The first-order chi connectivity index (χ1) is 7.17. The quantitative estimate of drug-likeness (QED) is 0.729. The molecular formula is C9H13N3O3. The van der Waals surface area contributed by atoms with Gasteiger partial charge in [0.25, 0.3) is 0 Å². The number of carbonyl (C=O) groups excluding carboxylic acids is 1. The van der Waals surface area contributed by atoms with Crippen molar-refractivity contribution in [3.63, 3.8) is 0 Å². The van der Waals surface area contributed by atoms with E-state index in [1.165, 1.54) is 26.6 Å². The zero-order valence-corrected chi connectivity index (χ0v) is 8.85. The second-order valence-electron chi connectivity index (χ2n) is 2.84. The summed E-state index contributed by atoms with van der Waals surface area (Å²) in [7, 11) is 2.83. The standard InChI is InChI=1S/C9H13N3O3/c1-6(9(13)15-3)11-7-4-10-5-8(12-7)14-2/h4-6H,1-3H3,(H,11,12). The van der Waals surface area contributed by atoms with E-state index < -0.39 is 6.04 Å². The Labute approximate surface area is 87.6 Å². The predicted octanol–water partition coefficient (Wildman–Crippen LogP) is 0.459. The molecule has 0 aliphatic carbocycles. The highest BCUT2D eigenvalue weighted by atomic mass is 16.5. The van der Waals surface area contributed by atoms with Gasteiger partial charge >= 0.3 is 5.97 Å². The average molecular weight is 211 g/mol. The molecule has 1 aromatic heterocycles. The molecule has 0 aromatic carbocycles. The van der Waals surface area contributed by atoms with Crippen LogP contribution in [0.5, 0.6) is 5.88 Å². The Morgan fingerprint density at radius 2 is 2.20 bits per heavy atom. The average Bonchev–Trinajstić information content (AvgIpc) is 2.28. The summed E-state index contributed by atoms with van der Waals surface area (Å²) in [5.74, 6) is 0.490. The first-order valence-electron chi connectivity index (χ1n) is 4.37. The molecule has 1 heterocycles. The second kappa shape index (κ2) is 5.14. The molecule has 0 fully saturated rings. The van der Waals surface area contributed by atoms with Crippen molar-refractivity contribution in [3.05, 3.63) is 12.4 Å². The van der Waals surface area contributed by atoms with E-state index in [-0.39, 0.29) is 5.97 Å². The number of nitrogens with one attached hydrogen (secondary N) is 1. The summed E-state index contributed by atoms with van der Waals surface area (Å²) in [6.07, 6.45) is 2.98. The molecule has 0 saturated carbocycles. The number of esters is 1. The fraction of sp³-hybridized carbons (Fsp3) is 0.444. The van der Waals surface area contributed by atoms with Gasteiger partial charge in [0, 0.05) is 0 Å². The molecule has 1 atom stereocenters. The molecule has 82 valence electrons. The largest absolute Gasteiger partial charge is 0.480 e. The summed E-state index contributed by atoms with van der Waals surface area (Å²) in [6.45, 7) is 1.67. The van der Waals surface area contributed by atoms with Crippen molar-refractivity contribution < 1.29 is 14.3 Å². The number of hydrogen-bond acceptors (Lipinski definition) is 6. The number of aromatic nitrogens is 2. The number of rotatable bonds is 4. The summed E-state index contributed by atoms with van der Waals surface area (Å²) in [5, 5.41) is 2.84. The number of nitrogens with zero attached hydrogens (tertiary/aromatic N) is 2. The third-order valence-corrected chi connectivity index (χ3v) is 1.74. The van der Waals surface area contributed by atoms with Crippen molar-refractivity contribution in [3.8, 4) is 5.88 Å². The van der Waals surface area contributed by atoms with Gasteiger partial charge in [-0.1, -0.05) is 0 Å². The lowest BCUT2D eigenvalue weighted by atomic mass is 10.3. The lowest BCUT2D eigenvalue weighted by molar-refractivity contribution is -0.141. The van der Waals surface area contributed by atoms with E-state index >= 15 is 0 Å². The number of hydrogen-bond donors (Lipinski definition) is 1. The highest BCUT2D eigenvalue weighted by Gasteiger charge is 2.13. The molecule has 0 spiro atoms. The van der Waals surface area contributed by atoms with Crippen LogP contribution in [0.15, 0.2) is 12.4 Å². The van der Waals surface area contributed by atoms with Crippen LogP contribution in [-0.2, 0) is 9.53 Å².